The van der Waals surface area contributed by atoms with Crippen LogP contribution in [0.1, 0.15) is 63.0 Å². The molecule has 0 aromatic heterocycles. The Labute approximate surface area is 157 Å². The van der Waals surface area contributed by atoms with Gasteiger partial charge in [0, 0.05) is 18.2 Å². The Kier molecular flexibility index (Phi) is 6.86. The van der Waals surface area contributed by atoms with Crippen LogP contribution < -0.4 is 11.1 Å². The Morgan fingerprint density at radius 3 is 2.27 bits per heavy atom. The molecule has 0 saturated heterocycles. The fourth-order valence-corrected chi connectivity index (χ4v) is 4.38. The predicted octanol–water partition coefficient (Wildman–Crippen LogP) is 2.50. The summed E-state index contributed by atoms with van der Waals surface area (Å²) in [5.41, 5.74) is 8.41. The standard InChI is InChI=1S/C20H32N2O3S/c1-15(2)16-6-8-17(9-7-16)20(11-4-5-12-20)14-22-19(23)18(21)10-13-26(3,24)25/h6-9,15,18H,4-5,10-14,21H2,1-3H3,(H,22,23). The SMILES string of the molecule is CC(C)c1ccc(C2(CNC(=O)C(N)CCS(C)(=O)=O)CCCC2)cc1. The molecule has 3 N–H and O–H groups in total. The summed E-state index contributed by atoms with van der Waals surface area (Å²) in [6, 6.07) is 7.96. The molecular weight excluding hydrogens is 348 g/mol. The van der Waals surface area contributed by atoms with Crippen molar-refractivity contribution in [3.05, 3.63) is 35.4 Å². The van der Waals surface area contributed by atoms with Crippen molar-refractivity contribution < 1.29 is 13.2 Å². The summed E-state index contributed by atoms with van der Waals surface area (Å²) >= 11 is 0. The normalized spacial score (nSPS) is 18.0. The lowest BCUT2D eigenvalue weighted by Crippen LogP contribution is -2.46. The van der Waals surface area contributed by atoms with E-state index in [2.05, 4.69) is 43.4 Å². The van der Waals surface area contributed by atoms with Crippen molar-refractivity contribution in [1.82, 2.24) is 5.32 Å². The van der Waals surface area contributed by atoms with Crippen molar-refractivity contribution in [1.29, 1.82) is 0 Å². The number of sulfone groups is 1. The molecule has 0 heterocycles. The summed E-state index contributed by atoms with van der Waals surface area (Å²) in [4.78, 5) is 12.3. The van der Waals surface area contributed by atoms with Gasteiger partial charge in [0.15, 0.2) is 0 Å². The monoisotopic (exact) mass is 380 g/mol. The minimum Gasteiger partial charge on any atom is -0.354 e. The van der Waals surface area contributed by atoms with Gasteiger partial charge in [-0.2, -0.15) is 0 Å². The minimum absolute atomic E-state index is 0.0400. The van der Waals surface area contributed by atoms with Gasteiger partial charge in [0.05, 0.1) is 11.8 Å². The molecular formula is C20H32N2O3S. The van der Waals surface area contributed by atoms with Crippen LogP contribution in [0.2, 0.25) is 0 Å². The first-order chi connectivity index (χ1) is 12.1. The van der Waals surface area contributed by atoms with E-state index in [1.54, 1.807) is 0 Å². The topological polar surface area (TPSA) is 89.3 Å². The van der Waals surface area contributed by atoms with Crippen molar-refractivity contribution in [2.24, 2.45) is 5.73 Å². The molecule has 2 rings (SSSR count). The molecule has 1 atom stereocenters. The number of hydrogen-bond acceptors (Lipinski definition) is 4. The van der Waals surface area contributed by atoms with Gasteiger partial charge >= 0.3 is 0 Å². The Morgan fingerprint density at radius 2 is 1.77 bits per heavy atom. The zero-order valence-electron chi connectivity index (χ0n) is 16.1. The quantitative estimate of drug-likeness (QED) is 0.725. The zero-order valence-corrected chi connectivity index (χ0v) is 16.9. The lowest BCUT2D eigenvalue weighted by molar-refractivity contribution is -0.122. The summed E-state index contributed by atoms with van der Waals surface area (Å²) in [6.07, 6.45) is 5.72. The van der Waals surface area contributed by atoms with Crippen LogP contribution in [0.15, 0.2) is 24.3 Å². The molecule has 0 bridgehead atoms. The second-order valence-electron chi connectivity index (χ2n) is 8.01. The van der Waals surface area contributed by atoms with Gasteiger partial charge in [0.1, 0.15) is 9.84 Å². The first kappa shape index (κ1) is 20.9. The van der Waals surface area contributed by atoms with Crippen LogP contribution in [-0.4, -0.2) is 38.9 Å². The second-order valence-corrected chi connectivity index (χ2v) is 10.3. The zero-order chi connectivity index (χ0) is 19.4. The highest BCUT2D eigenvalue weighted by molar-refractivity contribution is 7.90. The molecule has 1 aliphatic carbocycles. The van der Waals surface area contributed by atoms with E-state index in [4.69, 9.17) is 5.73 Å². The van der Waals surface area contributed by atoms with Crippen molar-refractivity contribution >= 4 is 15.7 Å². The van der Waals surface area contributed by atoms with Gasteiger partial charge in [0.2, 0.25) is 5.91 Å². The molecule has 6 heteroatoms. The molecule has 0 aliphatic heterocycles. The van der Waals surface area contributed by atoms with Gasteiger partial charge in [-0.1, -0.05) is 51.0 Å². The van der Waals surface area contributed by atoms with Crippen molar-refractivity contribution in [3.63, 3.8) is 0 Å². The third-order valence-electron chi connectivity index (χ3n) is 5.49. The van der Waals surface area contributed by atoms with E-state index in [1.807, 2.05) is 0 Å². The number of nitrogens with two attached hydrogens (primary N) is 1. The lowest BCUT2D eigenvalue weighted by atomic mass is 9.78. The highest BCUT2D eigenvalue weighted by Crippen LogP contribution is 2.41. The van der Waals surface area contributed by atoms with Gasteiger partial charge in [-0.15, -0.1) is 0 Å². The molecule has 1 aromatic rings. The number of amides is 1. The highest BCUT2D eigenvalue weighted by Gasteiger charge is 2.36. The van der Waals surface area contributed by atoms with E-state index in [-0.39, 0.29) is 23.5 Å². The van der Waals surface area contributed by atoms with Crippen LogP contribution in [0.4, 0.5) is 0 Å². The molecule has 0 radical (unpaired) electrons. The average molecular weight is 381 g/mol. The number of nitrogens with one attached hydrogen (secondary N) is 1. The molecule has 1 unspecified atom stereocenters. The molecule has 26 heavy (non-hydrogen) atoms. The summed E-state index contributed by atoms with van der Waals surface area (Å²) in [6.45, 7) is 4.91. The predicted molar refractivity (Wildman–Crippen MR) is 106 cm³/mol. The number of carbonyl (C=O) groups excluding carboxylic acids is 1. The summed E-state index contributed by atoms with van der Waals surface area (Å²) in [5, 5.41) is 2.98. The van der Waals surface area contributed by atoms with Gasteiger partial charge in [-0.05, 0) is 36.3 Å². The Morgan fingerprint density at radius 1 is 1.19 bits per heavy atom. The van der Waals surface area contributed by atoms with E-state index in [1.165, 1.54) is 11.1 Å². The third kappa shape index (κ3) is 5.55. The van der Waals surface area contributed by atoms with Crippen molar-refractivity contribution in [3.8, 4) is 0 Å². The number of hydrogen-bond donors (Lipinski definition) is 2. The van der Waals surface area contributed by atoms with E-state index >= 15 is 0 Å². The first-order valence-electron chi connectivity index (χ1n) is 9.44. The molecule has 5 nitrogen and oxygen atoms in total. The maximum Gasteiger partial charge on any atom is 0.236 e. The van der Waals surface area contributed by atoms with Crippen LogP contribution in [-0.2, 0) is 20.0 Å². The number of carbonyl (C=O) groups is 1. The van der Waals surface area contributed by atoms with Crippen LogP contribution >= 0.6 is 0 Å². The average Bonchev–Trinajstić information content (AvgIpc) is 3.07. The van der Waals surface area contributed by atoms with E-state index in [9.17, 15) is 13.2 Å². The fourth-order valence-electron chi connectivity index (χ4n) is 3.70. The second kappa shape index (κ2) is 8.53. The maximum atomic E-state index is 12.3. The lowest BCUT2D eigenvalue weighted by Gasteiger charge is -2.31. The van der Waals surface area contributed by atoms with Gasteiger partial charge < -0.3 is 11.1 Å². The molecule has 1 aromatic carbocycles. The summed E-state index contributed by atoms with van der Waals surface area (Å²) < 4.78 is 22.5. The summed E-state index contributed by atoms with van der Waals surface area (Å²) in [5.74, 6) is 0.165. The third-order valence-corrected chi connectivity index (χ3v) is 6.47. The molecule has 1 aliphatic rings. The highest BCUT2D eigenvalue weighted by atomic mass is 32.2. The van der Waals surface area contributed by atoms with Crippen LogP contribution in [0.5, 0.6) is 0 Å². The fraction of sp³-hybridized carbons (Fsp3) is 0.650. The van der Waals surface area contributed by atoms with E-state index < -0.39 is 15.9 Å². The van der Waals surface area contributed by atoms with Gasteiger partial charge in [0.25, 0.3) is 0 Å². The maximum absolute atomic E-state index is 12.3. The Hall–Kier alpha value is -1.40. The molecule has 1 fully saturated rings. The van der Waals surface area contributed by atoms with Crippen molar-refractivity contribution in [2.75, 3.05) is 18.6 Å². The molecule has 146 valence electrons. The smallest absolute Gasteiger partial charge is 0.236 e. The number of rotatable bonds is 8. The van der Waals surface area contributed by atoms with E-state index in [0.717, 1.165) is 31.9 Å². The summed E-state index contributed by atoms with van der Waals surface area (Å²) in [7, 11) is -3.11. The Bertz CT molecular complexity index is 705. The van der Waals surface area contributed by atoms with Gasteiger partial charge in [-0.3, -0.25) is 4.79 Å². The largest absolute Gasteiger partial charge is 0.354 e. The van der Waals surface area contributed by atoms with Crippen molar-refractivity contribution in [2.45, 2.75) is 63.3 Å². The van der Waals surface area contributed by atoms with E-state index in [0.29, 0.717) is 12.5 Å². The number of benzene rings is 1. The molecule has 1 amide bonds. The Balaban J connectivity index is 2.02. The molecule has 0 spiro atoms. The van der Waals surface area contributed by atoms with Crippen LogP contribution in [0, 0.1) is 0 Å². The minimum atomic E-state index is -3.11. The van der Waals surface area contributed by atoms with Gasteiger partial charge in [-0.25, -0.2) is 8.42 Å². The van der Waals surface area contributed by atoms with Crippen LogP contribution in [0.3, 0.4) is 0 Å². The first-order valence-corrected chi connectivity index (χ1v) is 11.5. The molecule has 1 saturated carbocycles. The van der Waals surface area contributed by atoms with Crippen LogP contribution in [0.25, 0.3) is 0 Å².